The molecule has 0 saturated carbocycles. The molecular weight excluding hydrogens is 2000 g/mol. The van der Waals surface area contributed by atoms with Crippen molar-refractivity contribution in [2.24, 2.45) is 0 Å². The highest BCUT2D eigenvalue weighted by atomic mass is 28.6. The molecule has 69 heteroatoms. The maximum Gasteiger partial charge on any atom is 0.671 e. The molecule has 0 fully saturated rings. The molecular formula is C51H141N5O40Si24. The number of aliphatic hydroxyl groups is 1. The van der Waals surface area contributed by atoms with Crippen LogP contribution in [0, 0.1) is 56.7 Å². The molecule has 706 valence electrons. The van der Waals surface area contributed by atoms with Crippen LogP contribution in [0.5, 0.6) is 0 Å². The SMILES string of the molecule is CCC[Si](O[SiH](OC)OC)(O[Si](CCC)(O[Si](CCC)(O[Si](OC)(OC)OC)O[Si](OC)(OC)OC)O[Si](CCC)(O[Si](OC)(OC)OC)O[Si](OC)(OC)OC)O[Si](CCC)(O[SiH3])O[Si](OC)(OC)OC.CO.C[Si](C)(C)O[Si](CCC#N)(O[SiH3])O[Si](CCC#N)(O[Si](CCC#N)(O[SiH3])O[SiH3])O[Si](CCC#N)(O[SiH3])O[Si](CCC#N)(O[SiH3])O[SiH3]. The van der Waals surface area contributed by atoms with Gasteiger partial charge >= 0.3 is 143 Å². The van der Waals surface area contributed by atoms with Crippen molar-refractivity contribution >= 4 is 225 Å². The molecule has 0 aliphatic carbocycles. The molecule has 5 unspecified atom stereocenters. The van der Waals surface area contributed by atoms with Gasteiger partial charge in [0.05, 0.1) is 30.3 Å². The molecule has 0 rings (SSSR count). The summed E-state index contributed by atoms with van der Waals surface area (Å²) in [5.41, 5.74) is 0. The summed E-state index contributed by atoms with van der Waals surface area (Å²) >= 11 is 0. The molecule has 0 heterocycles. The lowest BCUT2D eigenvalue weighted by Crippen LogP contribution is -2.75. The van der Waals surface area contributed by atoms with Crippen molar-refractivity contribution in [2.45, 2.75) is 179 Å². The van der Waals surface area contributed by atoms with E-state index in [4.69, 9.17) is 171 Å². The van der Waals surface area contributed by atoms with Crippen LogP contribution in [-0.4, -0.2) is 358 Å². The normalized spacial score (nSPS) is 16.6. The van der Waals surface area contributed by atoms with Crippen molar-refractivity contribution in [3.05, 3.63) is 0 Å². The Morgan fingerprint density at radius 1 is 0.233 bits per heavy atom. The molecule has 0 amide bonds. The molecule has 0 aliphatic heterocycles. The Hall–Kier alpha value is 1.06. The van der Waals surface area contributed by atoms with Crippen LogP contribution in [0.15, 0.2) is 0 Å². The average molecular weight is 2140 g/mol. The molecule has 1 N–H and O–H groups in total. The number of nitriles is 5. The zero-order valence-electron chi connectivity index (χ0n) is 76.8. The zero-order valence-corrected chi connectivity index (χ0v) is 108. The highest BCUT2D eigenvalue weighted by Crippen LogP contribution is 2.44. The van der Waals surface area contributed by atoms with E-state index in [0.29, 0.717) is 25.7 Å². The fraction of sp³-hybridized carbons (Fsp3) is 0.902. The van der Waals surface area contributed by atoms with Gasteiger partial charge < -0.3 is 171 Å². The second-order valence-corrected chi connectivity index (χ2v) is 84.6. The minimum atomic E-state index is -5.07. The molecule has 0 aromatic carbocycles. The predicted octanol–water partition coefficient (Wildman–Crippen LogP) is -2.36. The molecule has 5 atom stereocenters. The van der Waals surface area contributed by atoms with Gasteiger partial charge in [0.15, 0.2) is 8.32 Å². The standard InChI is InChI=1S/C32H90O28Si12.C18H47N5O11Si12.CH4O/c1-23-28-63(50-61,56-68(35-8,36-9)37-10)52-64(29-24-2,51-62(33-6)34-7)53-65(30-25-3,54-66(31-26-4,57-69(38-11,39-12)40-13)58-70(41-14,42-15)43-16)55-67(32-27-5,59-71(44-17,45-18)46-19)60-72(47-20,48-21)49-22;1-41(2,3)30-44(28-39,16-6-11-21)33-46(18-8-13-23,32-43(26-37,27-38)15-5-10-20)34-45(29-40,17-7-12-22)31-42(24-35,25-36)14-4-9-19;1-2/h62H,23-32H2,1-22,61H3;4-8,14-18H2,1-3,35-40H3;2H,1H3. The summed E-state index contributed by atoms with van der Waals surface area (Å²) in [5.74, 6) is 0. The van der Waals surface area contributed by atoms with E-state index in [1.54, 1.807) is 0 Å². The third-order valence-electron chi connectivity index (χ3n) is 16.4. The lowest BCUT2D eigenvalue weighted by atomic mass is 10.6. The molecule has 0 spiro atoms. The monoisotopic (exact) mass is 2140 g/mol. The van der Waals surface area contributed by atoms with Gasteiger partial charge in [0.1, 0.15) is 73.4 Å². The highest BCUT2D eigenvalue weighted by Gasteiger charge is 2.73. The van der Waals surface area contributed by atoms with Crippen LogP contribution in [-0.2, 0) is 166 Å². The Balaban J connectivity index is -0.00000245. The van der Waals surface area contributed by atoms with E-state index in [9.17, 15) is 26.3 Å². The molecule has 0 bridgehead atoms. The van der Waals surface area contributed by atoms with E-state index >= 15 is 0 Å². The van der Waals surface area contributed by atoms with Crippen molar-refractivity contribution in [3.63, 3.8) is 0 Å². The summed E-state index contributed by atoms with van der Waals surface area (Å²) in [6.07, 6.45) is 1.91. The van der Waals surface area contributed by atoms with Crippen molar-refractivity contribution in [1.29, 1.82) is 26.3 Å². The predicted molar refractivity (Wildman–Crippen MR) is 488 cm³/mol. The number of aliphatic hydroxyl groups excluding tert-OH is 1. The maximum absolute atomic E-state index is 9.83. The quantitative estimate of drug-likeness (QED) is 0.0622. The molecule has 0 saturated heterocycles. The van der Waals surface area contributed by atoms with Crippen molar-refractivity contribution in [3.8, 4) is 30.3 Å². The van der Waals surface area contributed by atoms with Gasteiger partial charge in [-0.1, -0.05) is 66.7 Å². The Kier molecular flexibility index (Phi) is 66.0. The van der Waals surface area contributed by atoms with Gasteiger partial charge in [0.2, 0.25) is 0 Å². The summed E-state index contributed by atoms with van der Waals surface area (Å²) < 4.78 is 250. The largest absolute Gasteiger partial charge is 0.671 e. The molecule has 0 aliphatic rings. The molecule has 0 aromatic rings. The lowest BCUT2D eigenvalue weighted by Gasteiger charge is -2.49. The van der Waals surface area contributed by atoms with Gasteiger partial charge in [0, 0.05) is 221 Å². The van der Waals surface area contributed by atoms with Crippen LogP contribution in [0.4, 0.5) is 0 Å². The smallest absolute Gasteiger partial charge is 0.425 e. The summed E-state index contributed by atoms with van der Waals surface area (Å²) in [4.78, 5) is 0. The first-order valence-corrected chi connectivity index (χ1v) is 75.8. The molecule has 120 heavy (non-hydrogen) atoms. The second-order valence-electron chi connectivity index (χ2n) is 25.3. The van der Waals surface area contributed by atoms with Crippen molar-refractivity contribution < 1.29 is 171 Å². The summed E-state index contributed by atoms with van der Waals surface area (Å²) in [7, 11) is -43.9. The van der Waals surface area contributed by atoms with E-state index in [1.165, 1.54) is 121 Å². The third-order valence-corrected chi connectivity index (χ3v) is 89.0. The van der Waals surface area contributed by atoms with Crippen molar-refractivity contribution in [1.82, 2.24) is 0 Å². The van der Waals surface area contributed by atoms with Crippen LogP contribution >= 0.6 is 0 Å². The average Bonchev–Trinajstić information content (AvgIpc) is 0.697. The van der Waals surface area contributed by atoms with E-state index in [-0.39, 0.29) is 172 Å². The van der Waals surface area contributed by atoms with Crippen LogP contribution < -0.4 is 0 Å². The zero-order chi connectivity index (χ0) is 92.8. The van der Waals surface area contributed by atoms with Gasteiger partial charge in [-0.05, 0) is 19.6 Å². The molecule has 0 radical (unpaired) electrons. The van der Waals surface area contributed by atoms with E-state index < -0.39 is 151 Å². The van der Waals surface area contributed by atoms with Gasteiger partial charge in [-0.15, -0.1) is 0 Å². The number of nitrogens with zero attached hydrogens (tertiary/aromatic N) is 5. The summed E-state index contributed by atoms with van der Waals surface area (Å²) in [6.45, 7) is 15.4. The first kappa shape index (κ1) is 125. The number of hydrogen-bond donors (Lipinski definition) is 1. The Bertz CT molecular complexity index is 2790. The molecule has 45 nitrogen and oxygen atoms in total. The Labute approximate surface area is 753 Å². The van der Waals surface area contributed by atoms with E-state index in [1.807, 2.05) is 54.3 Å². The third kappa shape index (κ3) is 39.5. The van der Waals surface area contributed by atoms with Crippen LogP contribution in [0.3, 0.4) is 0 Å². The lowest BCUT2D eigenvalue weighted by molar-refractivity contribution is -0.0174. The van der Waals surface area contributed by atoms with E-state index in [2.05, 4.69) is 30.3 Å². The molecule has 0 aromatic heterocycles. The number of hydrogen-bond acceptors (Lipinski definition) is 45. The van der Waals surface area contributed by atoms with Crippen LogP contribution in [0.2, 0.25) is 80.1 Å². The van der Waals surface area contributed by atoms with Crippen LogP contribution in [0.25, 0.3) is 0 Å². The minimum absolute atomic E-state index is 0.0116. The fourth-order valence-electron chi connectivity index (χ4n) is 11.0. The summed E-state index contributed by atoms with van der Waals surface area (Å²) in [5, 5.41) is 54.9. The first-order valence-electron chi connectivity index (χ1n) is 37.8. The Morgan fingerprint density at radius 3 is 0.617 bits per heavy atom. The van der Waals surface area contributed by atoms with Gasteiger partial charge in [0.25, 0.3) is 0 Å². The van der Waals surface area contributed by atoms with Gasteiger partial charge in [-0.25, -0.2) is 0 Å². The van der Waals surface area contributed by atoms with E-state index in [0.717, 1.165) is 7.11 Å². The Morgan fingerprint density at radius 2 is 0.392 bits per heavy atom. The van der Waals surface area contributed by atoms with Gasteiger partial charge in [-0.2, -0.15) is 26.3 Å². The summed E-state index contributed by atoms with van der Waals surface area (Å²) in [6, 6.07) is 11.1. The van der Waals surface area contributed by atoms with Gasteiger partial charge in [-0.3, -0.25) is 0 Å². The topological polar surface area (TPSA) is 499 Å². The fourth-order valence-corrected chi connectivity index (χ4v) is 92.5. The maximum atomic E-state index is 9.83. The second kappa shape index (κ2) is 63.2. The van der Waals surface area contributed by atoms with Crippen LogP contribution in [0.1, 0.15) is 98.8 Å². The first-order chi connectivity index (χ1) is 56.8. The minimum Gasteiger partial charge on any atom is -0.425 e. The van der Waals surface area contributed by atoms with Crippen molar-refractivity contribution in [2.75, 3.05) is 128 Å². The number of rotatable bonds is 74. The highest BCUT2D eigenvalue weighted by molar-refractivity contribution is 6.94.